The Balaban J connectivity index is 1.37. The zero-order chi connectivity index (χ0) is 18.2. The number of ether oxygens (including phenoxy) is 1. The largest absolute Gasteiger partial charge is 0.444 e. The summed E-state index contributed by atoms with van der Waals surface area (Å²) in [5.74, 6) is 1.53. The van der Waals surface area contributed by atoms with Crippen molar-refractivity contribution in [3.63, 3.8) is 0 Å². The molecule has 3 aromatic heterocycles. The second-order valence-electron chi connectivity index (χ2n) is 7.39. The fourth-order valence-corrected chi connectivity index (χ4v) is 3.75. The van der Waals surface area contributed by atoms with Crippen LogP contribution in [-0.2, 0) is 4.74 Å². The summed E-state index contributed by atoms with van der Waals surface area (Å²) in [6, 6.07) is 1.97. The minimum atomic E-state index is -0.306. The number of pyridine rings is 1. The van der Waals surface area contributed by atoms with Crippen LogP contribution in [0.5, 0.6) is 0 Å². The van der Waals surface area contributed by atoms with Crippen molar-refractivity contribution < 1.29 is 9.53 Å². The highest BCUT2D eigenvalue weighted by atomic mass is 16.6. The van der Waals surface area contributed by atoms with Gasteiger partial charge in [0, 0.05) is 24.7 Å². The molecule has 0 spiro atoms. The Morgan fingerprint density at radius 3 is 3.11 bits per heavy atom. The van der Waals surface area contributed by atoms with Crippen molar-refractivity contribution in [3.05, 3.63) is 24.8 Å². The van der Waals surface area contributed by atoms with E-state index in [0.29, 0.717) is 12.5 Å². The maximum Gasteiger partial charge on any atom is 0.407 e. The van der Waals surface area contributed by atoms with Gasteiger partial charge in [-0.15, -0.1) is 0 Å². The van der Waals surface area contributed by atoms with Crippen LogP contribution in [0.2, 0.25) is 0 Å². The molecule has 3 aromatic rings. The molecule has 0 aromatic carbocycles. The van der Waals surface area contributed by atoms with Crippen LogP contribution in [0, 0.1) is 5.92 Å². The number of alkyl carbamates (subject to hydrolysis) is 1. The molecule has 2 fully saturated rings. The van der Waals surface area contributed by atoms with E-state index in [1.807, 2.05) is 6.07 Å². The number of anilines is 1. The highest BCUT2D eigenvalue weighted by Gasteiger charge is 2.27. The van der Waals surface area contributed by atoms with E-state index < -0.39 is 0 Å². The molecule has 1 aliphatic heterocycles. The predicted molar refractivity (Wildman–Crippen MR) is 102 cm³/mol. The summed E-state index contributed by atoms with van der Waals surface area (Å²) < 4.78 is 5.65. The Bertz CT molecular complexity index is 983. The third-order valence-electron chi connectivity index (χ3n) is 5.35. The third-order valence-corrected chi connectivity index (χ3v) is 5.35. The van der Waals surface area contributed by atoms with Gasteiger partial charge < -0.3 is 19.9 Å². The van der Waals surface area contributed by atoms with E-state index in [0.717, 1.165) is 53.7 Å². The molecule has 27 heavy (non-hydrogen) atoms. The molecule has 4 heterocycles. The second kappa shape index (κ2) is 6.68. The monoisotopic (exact) mass is 366 g/mol. The molecular formula is C19H22N6O2. The summed E-state index contributed by atoms with van der Waals surface area (Å²) in [6.07, 6.45) is 9.05. The first kappa shape index (κ1) is 16.3. The van der Waals surface area contributed by atoms with E-state index in [1.165, 1.54) is 12.8 Å². The molecule has 2 N–H and O–H groups in total. The fourth-order valence-electron chi connectivity index (χ4n) is 3.75. The lowest BCUT2D eigenvalue weighted by Crippen LogP contribution is -2.43. The van der Waals surface area contributed by atoms with Crippen molar-refractivity contribution >= 4 is 33.8 Å². The maximum atomic E-state index is 12.1. The zero-order valence-electron chi connectivity index (χ0n) is 15.0. The van der Waals surface area contributed by atoms with Crippen molar-refractivity contribution in [3.8, 4) is 0 Å². The number of carbonyl (C=O) groups is 1. The highest BCUT2D eigenvalue weighted by Crippen LogP contribution is 2.31. The van der Waals surface area contributed by atoms with Crippen LogP contribution in [0.4, 0.5) is 10.6 Å². The first-order valence-electron chi connectivity index (χ1n) is 9.54. The number of hydrogen-bond acceptors (Lipinski definition) is 6. The smallest absolute Gasteiger partial charge is 0.407 e. The van der Waals surface area contributed by atoms with Gasteiger partial charge in [-0.2, -0.15) is 0 Å². The number of nitrogens with one attached hydrogen (secondary N) is 2. The Kier molecular flexibility index (Phi) is 4.03. The number of amides is 1. The standard InChI is InChI=1S/C19H22N6O2/c26-19(22-8-12-3-4-12)27-13-2-1-7-25(10-13)18-16-14-5-6-20-17(14)21-9-15(16)23-11-24-18/h5-6,9,11-13H,1-4,7-8,10H2,(H,22,26)(H,23,24). The number of aromatic nitrogens is 4. The third kappa shape index (κ3) is 3.27. The zero-order valence-corrected chi connectivity index (χ0v) is 15.0. The van der Waals surface area contributed by atoms with Gasteiger partial charge in [0.2, 0.25) is 0 Å². The van der Waals surface area contributed by atoms with Gasteiger partial charge in [-0.05, 0) is 37.7 Å². The lowest BCUT2D eigenvalue weighted by Gasteiger charge is -2.33. The SMILES string of the molecule is O=C(NCC1CC1)OC1CCCN(c2nc[nH]c3cnc4nccc4c23)C1. The quantitative estimate of drug-likeness (QED) is 0.737. The molecular weight excluding hydrogens is 344 g/mol. The predicted octanol–water partition coefficient (Wildman–Crippen LogP) is 2.61. The molecule has 8 heteroatoms. The molecule has 1 atom stereocenters. The molecule has 8 nitrogen and oxygen atoms in total. The van der Waals surface area contributed by atoms with Crippen LogP contribution in [0.1, 0.15) is 25.7 Å². The molecule has 1 aliphatic carbocycles. The van der Waals surface area contributed by atoms with Crippen molar-refractivity contribution in [2.45, 2.75) is 31.8 Å². The normalized spacial score (nSPS) is 20.1. The van der Waals surface area contributed by atoms with Crippen LogP contribution in [-0.4, -0.2) is 51.8 Å². The molecule has 5 rings (SSSR count). The Hall–Kier alpha value is -2.90. The number of carbonyl (C=O) groups excluding carboxylic acids is 1. The van der Waals surface area contributed by atoms with Crippen molar-refractivity contribution in [2.75, 3.05) is 24.5 Å². The summed E-state index contributed by atoms with van der Waals surface area (Å²) in [7, 11) is 0. The lowest BCUT2D eigenvalue weighted by molar-refractivity contribution is 0.0880. The molecule has 2 aliphatic rings. The van der Waals surface area contributed by atoms with Gasteiger partial charge in [-0.25, -0.2) is 19.7 Å². The van der Waals surface area contributed by atoms with Crippen LogP contribution in [0.15, 0.2) is 24.8 Å². The van der Waals surface area contributed by atoms with Gasteiger partial charge >= 0.3 is 6.09 Å². The van der Waals surface area contributed by atoms with Gasteiger partial charge in [0.15, 0.2) is 5.65 Å². The summed E-state index contributed by atoms with van der Waals surface area (Å²) in [5, 5.41) is 4.88. The molecule has 140 valence electrons. The fraction of sp³-hybridized carbons (Fsp3) is 0.474. The topological polar surface area (TPSA) is 96.0 Å². The summed E-state index contributed by atoms with van der Waals surface area (Å²) >= 11 is 0. The van der Waals surface area contributed by atoms with Crippen molar-refractivity contribution in [1.29, 1.82) is 0 Å². The highest BCUT2D eigenvalue weighted by molar-refractivity contribution is 6.08. The minimum Gasteiger partial charge on any atom is -0.444 e. The number of aromatic amines is 1. The molecule has 1 amide bonds. The van der Waals surface area contributed by atoms with Crippen LogP contribution in [0.3, 0.4) is 0 Å². The summed E-state index contributed by atoms with van der Waals surface area (Å²) in [6.45, 7) is 2.25. The molecule has 0 radical (unpaired) electrons. The van der Waals surface area contributed by atoms with E-state index in [1.54, 1.807) is 18.7 Å². The van der Waals surface area contributed by atoms with Crippen molar-refractivity contribution in [1.82, 2.24) is 25.3 Å². The first-order valence-corrected chi connectivity index (χ1v) is 9.54. The van der Waals surface area contributed by atoms with Crippen LogP contribution in [0.25, 0.3) is 21.9 Å². The number of H-pyrrole nitrogens is 1. The van der Waals surface area contributed by atoms with E-state index >= 15 is 0 Å². The Morgan fingerprint density at radius 2 is 2.22 bits per heavy atom. The summed E-state index contributed by atoms with van der Waals surface area (Å²) in [5.41, 5.74) is 1.64. The van der Waals surface area contributed by atoms with Gasteiger partial charge in [-0.3, -0.25) is 0 Å². The van der Waals surface area contributed by atoms with Gasteiger partial charge in [0.05, 0.1) is 30.0 Å². The number of rotatable bonds is 4. The average Bonchev–Trinajstić information content (AvgIpc) is 3.40. The molecule has 1 unspecified atom stereocenters. The molecule has 1 saturated carbocycles. The van der Waals surface area contributed by atoms with Gasteiger partial charge in [-0.1, -0.05) is 0 Å². The number of nitrogens with zero attached hydrogens (tertiary/aromatic N) is 4. The Morgan fingerprint density at radius 1 is 1.30 bits per heavy atom. The first-order chi connectivity index (χ1) is 13.3. The Labute approximate surface area is 156 Å². The molecule has 0 bridgehead atoms. The van der Waals surface area contributed by atoms with E-state index in [2.05, 4.69) is 30.2 Å². The minimum absolute atomic E-state index is 0.130. The molecule has 1 saturated heterocycles. The van der Waals surface area contributed by atoms with Crippen LogP contribution < -0.4 is 10.2 Å². The number of hydrogen-bond donors (Lipinski definition) is 2. The second-order valence-corrected chi connectivity index (χ2v) is 7.39. The van der Waals surface area contributed by atoms with Crippen LogP contribution >= 0.6 is 0 Å². The lowest BCUT2D eigenvalue weighted by atomic mass is 10.1. The maximum absolute atomic E-state index is 12.1. The van der Waals surface area contributed by atoms with Gasteiger partial charge in [0.1, 0.15) is 11.9 Å². The van der Waals surface area contributed by atoms with E-state index in [-0.39, 0.29) is 12.2 Å². The van der Waals surface area contributed by atoms with Gasteiger partial charge in [0.25, 0.3) is 0 Å². The number of piperidine rings is 1. The van der Waals surface area contributed by atoms with Crippen molar-refractivity contribution in [2.24, 2.45) is 5.92 Å². The summed E-state index contributed by atoms with van der Waals surface area (Å²) in [4.78, 5) is 30.7. The number of fused-ring (bicyclic) bond motifs is 3. The van der Waals surface area contributed by atoms with E-state index in [9.17, 15) is 4.79 Å². The van der Waals surface area contributed by atoms with E-state index in [4.69, 9.17) is 4.74 Å². The average molecular weight is 366 g/mol.